The lowest BCUT2D eigenvalue weighted by Crippen LogP contribution is -2.19. The van der Waals surface area contributed by atoms with Crippen LogP contribution in [0.4, 0.5) is 0 Å². The highest BCUT2D eigenvalue weighted by atomic mass is 16.3. The van der Waals surface area contributed by atoms with Crippen molar-refractivity contribution in [1.82, 2.24) is 0 Å². The predicted molar refractivity (Wildman–Crippen MR) is 47.8 cm³/mol. The monoisotopic (exact) mass is 170 g/mol. The third-order valence-electron chi connectivity index (χ3n) is 2.73. The van der Waals surface area contributed by atoms with Crippen LogP contribution in [0.1, 0.15) is 39.5 Å². The average molecular weight is 170 g/mol. The number of hydrogen-bond donors (Lipinski definition) is 1. The van der Waals surface area contributed by atoms with Crippen LogP contribution in [0.2, 0.25) is 0 Å². The summed E-state index contributed by atoms with van der Waals surface area (Å²) >= 11 is 0. The molecule has 1 rings (SSSR count). The van der Waals surface area contributed by atoms with Crippen LogP contribution in [-0.4, -0.2) is 17.0 Å². The van der Waals surface area contributed by atoms with Crippen molar-refractivity contribution in [2.45, 2.75) is 45.6 Å². The third kappa shape index (κ3) is 2.31. The lowest BCUT2D eigenvalue weighted by atomic mass is 9.94. The van der Waals surface area contributed by atoms with E-state index in [2.05, 4.69) is 0 Å². The van der Waals surface area contributed by atoms with Crippen LogP contribution in [0, 0.1) is 11.8 Å². The van der Waals surface area contributed by atoms with Crippen molar-refractivity contribution in [3.8, 4) is 0 Å². The van der Waals surface area contributed by atoms with Crippen molar-refractivity contribution >= 4 is 5.78 Å². The molecule has 2 heteroatoms. The maximum atomic E-state index is 11.3. The number of rotatable bonds is 3. The summed E-state index contributed by atoms with van der Waals surface area (Å²) < 4.78 is 0. The van der Waals surface area contributed by atoms with Gasteiger partial charge in [0.2, 0.25) is 0 Å². The van der Waals surface area contributed by atoms with Gasteiger partial charge < -0.3 is 5.11 Å². The fourth-order valence-electron chi connectivity index (χ4n) is 1.75. The van der Waals surface area contributed by atoms with Crippen LogP contribution in [-0.2, 0) is 4.79 Å². The van der Waals surface area contributed by atoms with Crippen molar-refractivity contribution in [1.29, 1.82) is 0 Å². The summed E-state index contributed by atoms with van der Waals surface area (Å²) in [6.07, 6.45) is 3.36. The number of aliphatic hydroxyl groups is 1. The average Bonchev–Trinajstić information content (AvgIpc) is 2.36. The van der Waals surface area contributed by atoms with E-state index < -0.39 is 0 Å². The molecule has 0 heterocycles. The molecule has 1 fully saturated rings. The number of carbonyl (C=O) groups excluding carboxylic acids is 1. The van der Waals surface area contributed by atoms with Crippen LogP contribution in [0.25, 0.3) is 0 Å². The predicted octanol–water partition coefficient (Wildman–Crippen LogP) is 1.76. The van der Waals surface area contributed by atoms with Gasteiger partial charge in [-0.25, -0.2) is 0 Å². The maximum Gasteiger partial charge on any atom is 0.135 e. The topological polar surface area (TPSA) is 37.3 Å². The first kappa shape index (κ1) is 9.72. The normalized spacial score (nSPS) is 29.7. The smallest absolute Gasteiger partial charge is 0.135 e. The van der Waals surface area contributed by atoms with Gasteiger partial charge in [-0.05, 0) is 18.8 Å². The number of Topliss-reactive ketones (excluding diaryl/α,β-unsaturated/α-hetero) is 1. The Morgan fingerprint density at radius 3 is 2.58 bits per heavy atom. The molecule has 0 bridgehead atoms. The van der Waals surface area contributed by atoms with Gasteiger partial charge in [-0.2, -0.15) is 0 Å². The summed E-state index contributed by atoms with van der Waals surface area (Å²) in [5.74, 6) is 0.665. The Morgan fingerprint density at radius 1 is 1.50 bits per heavy atom. The standard InChI is InChI=1S/C10H18O2/c1-7(2)10(12)6-8-4-3-5-9(8)11/h7-9,11H,3-6H2,1-2H3. The van der Waals surface area contributed by atoms with Crippen LogP contribution < -0.4 is 0 Å². The summed E-state index contributed by atoms with van der Waals surface area (Å²) in [7, 11) is 0. The van der Waals surface area contributed by atoms with Gasteiger partial charge in [-0.1, -0.05) is 20.3 Å². The van der Waals surface area contributed by atoms with E-state index in [1.807, 2.05) is 13.8 Å². The zero-order valence-electron chi connectivity index (χ0n) is 7.92. The zero-order chi connectivity index (χ0) is 9.14. The minimum absolute atomic E-state index is 0.123. The second-order valence-electron chi connectivity index (χ2n) is 4.08. The largest absolute Gasteiger partial charge is 0.393 e. The van der Waals surface area contributed by atoms with Gasteiger partial charge in [0.05, 0.1) is 6.10 Å². The van der Waals surface area contributed by atoms with Crippen molar-refractivity contribution in [2.75, 3.05) is 0 Å². The molecule has 1 aliphatic carbocycles. The molecule has 2 unspecified atom stereocenters. The Labute approximate surface area is 74.0 Å². The molecular formula is C10H18O2. The van der Waals surface area contributed by atoms with E-state index in [9.17, 15) is 9.90 Å². The lowest BCUT2D eigenvalue weighted by Gasteiger charge is -2.14. The Hall–Kier alpha value is -0.370. The summed E-state index contributed by atoms with van der Waals surface area (Å²) in [5, 5.41) is 9.47. The molecule has 0 spiro atoms. The first-order valence-electron chi connectivity index (χ1n) is 4.82. The van der Waals surface area contributed by atoms with E-state index in [-0.39, 0.29) is 17.9 Å². The molecule has 0 aliphatic heterocycles. The molecule has 1 N–H and O–H groups in total. The third-order valence-corrected chi connectivity index (χ3v) is 2.73. The van der Waals surface area contributed by atoms with Crippen molar-refractivity contribution in [3.05, 3.63) is 0 Å². The molecule has 2 nitrogen and oxygen atoms in total. The van der Waals surface area contributed by atoms with E-state index in [1.165, 1.54) is 0 Å². The van der Waals surface area contributed by atoms with Gasteiger partial charge >= 0.3 is 0 Å². The summed E-state index contributed by atoms with van der Waals surface area (Å²) in [4.78, 5) is 11.3. The van der Waals surface area contributed by atoms with Crippen LogP contribution in [0.15, 0.2) is 0 Å². The second-order valence-corrected chi connectivity index (χ2v) is 4.08. The highest BCUT2D eigenvalue weighted by molar-refractivity contribution is 5.80. The Kier molecular flexibility index (Phi) is 3.27. The minimum atomic E-state index is -0.215. The Morgan fingerprint density at radius 2 is 2.17 bits per heavy atom. The van der Waals surface area contributed by atoms with E-state index in [0.29, 0.717) is 12.2 Å². The molecule has 0 saturated heterocycles. The molecule has 0 aromatic rings. The second kappa shape index (κ2) is 4.04. The fourth-order valence-corrected chi connectivity index (χ4v) is 1.75. The molecule has 0 amide bonds. The quantitative estimate of drug-likeness (QED) is 0.700. The van der Waals surface area contributed by atoms with Gasteiger partial charge in [0.1, 0.15) is 5.78 Å². The molecular weight excluding hydrogens is 152 g/mol. The van der Waals surface area contributed by atoms with Crippen molar-refractivity contribution < 1.29 is 9.90 Å². The van der Waals surface area contributed by atoms with Crippen molar-refractivity contribution in [2.24, 2.45) is 11.8 Å². The van der Waals surface area contributed by atoms with Crippen LogP contribution in [0.5, 0.6) is 0 Å². The molecule has 70 valence electrons. The van der Waals surface area contributed by atoms with E-state index in [0.717, 1.165) is 19.3 Å². The molecule has 1 saturated carbocycles. The fraction of sp³-hybridized carbons (Fsp3) is 0.900. The van der Waals surface area contributed by atoms with Gasteiger partial charge in [0.25, 0.3) is 0 Å². The summed E-state index contributed by atoms with van der Waals surface area (Å²) in [6, 6.07) is 0. The molecule has 0 aromatic carbocycles. The van der Waals surface area contributed by atoms with Gasteiger partial charge in [0.15, 0.2) is 0 Å². The maximum absolute atomic E-state index is 11.3. The number of carbonyl (C=O) groups is 1. The zero-order valence-corrected chi connectivity index (χ0v) is 7.92. The SMILES string of the molecule is CC(C)C(=O)CC1CCCC1O. The van der Waals surface area contributed by atoms with E-state index >= 15 is 0 Å². The number of ketones is 1. The Balaban J connectivity index is 2.35. The van der Waals surface area contributed by atoms with Gasteiger partial charge in [-0.3, -0.25) is 4.79 Å². The number of hydrogen-bond acceptors (Lipinski definition) is 2. The van der Waals surface area contributed by atoms with Crippen LogP contribution in [0.3, 0.4) is 0 Å². The van der Waals surface area contributed by atoms with E-state index in [1.54, 1.807) is 0 Å². The molecule has 1 aliphatic rings. The molecule has 0 radical (unpaired) electrons. The van der Waals surface area contributed by atoms with E-state index in [4.69, 9.17) is 0 Å². The first-order valence-corrected chi connectivity index (χ1v) is 4.82. The Bertz CT molecular complexity index is 163. The molecule has 0 aromatic heterocycles. The highest BCUT2D eigenvalue weighted by Crippen LogP contribution is 2.29. The van der Waals surface area contributed by atoms with Crippen molar-refractivity contribution in [3.63, 3.8) is 0 Å². The lowest BCUT2D eigenvalue weighted by molar-refractivity contribution is -0.123. The first-order chi connectivity index (χ1) is 5.61. The highest BCUT2D eigenvalue weighted by Gasteiger charge is 2.27. The summed E-state index contributed by atoms with van der Waals surface area (Å²) in [6.45, 7) is 3.84. The molecule has 12 heavy (non-hydrogen) atoms. The summed E-state index contributed by atoms with van der Waals surface area (Å²) in [5.41, 5.74) is 0. The van der Waals surface area contributed by atoms with Gasteiger partial charge in [-0.15, -0.1) is 0 Å². The minimum Gasteiger partial charge on any atom is -0.393 e. The number of aliphatic hydroxyl groups excluding tert-OH is 1. The molecule has 2 atom stereocenters. The van der Waals surface area contributed by atoms with Crippen LogP contribution >= 0.6 is 0 Å². The van der Waals surface area contributed by atoms with Gasteiger partial charge in [0, 0.05) is 12.3 Å².